The molecule has 1 fully saturated rings. The standard InChI is InChI=1S/C8H13F3N2OS/c9-8(10,11)5-12-7(14)13-6-1-3-15-4-2-6/h6H,1-5H2,(H2,12,13,14). The highest BCUT2D eigenvalue weighted by molar-refractivity contribution is 7.99. The first-order valence-corrected chi connectivity index (χ1v) is 5.82. The van der Waals surface area contributed by atoms with Gasteiger partial charge in [0.15, 0.2) is 0 Å². The molecule has 1 aliphatic rings. The van der Waals surface area contributed by atoms with Crippen molar-refractivity contribution in [3.63, 3.8) is 0 Å². The number of alkyl halides is 3. The van der Waals surface area contributed by atoms with Gasteiger partial charge in [0.1, 0.15) is 6.54 Å². The van der Waals surface area contributed by atoms with E-state index in [-0.39, 0.29) is 6.04 Å². The lowest BCUT2D eigenvalue weighted by molar-refractivity contribution is -0.122. The van der Waals surface area contributed by atoms with Crippen LogP contribution in [0.3, 0.4) is 0 Å². The average Bonchev–Trinajstić information content (AvgIpc) is 2.15. The Morgan fingerprint density at radius 3 is 2.47 bits per heavy atom. The molecule has 3 nitrogen and oxygen atoms in total. The molecule has 15 heavy (non-hydrogen) atoms. The molecule has 0 saturated carbocycles. The van der Waals surface area contributed by atoms with E-state index in [0.717, 1.165) is 24.3 Å². The van der Waals surface area contributed by atoms with Gasteiger partial charge in [-0.2, -0.15) is 24.9 Å². The molecule has 2 N–H and O–H groups in total. The van der Waals surface area contributed by atoms with Crippen molar-refractivity contribution in [1.29, 1.82) is 0 Å². The zero-order valence-electron chi connectivity index (χ0n) is 8.06. The predicted molar refractivity (Wildman–Crippen MR) is 52.9 cm³/mol. The van der Waals surface area contributed by atoms with Gasteiger partial charge in [-0.1, -0.05) is 0 Å². The maximum Gasteiger partial charge on any atom is 0.405 e. The Hall–Kier alpha value is -0.590. The zero-order valence-corrected chi connectivity index (χ0v) is 8.88. The van der Waals surface area contributed by atoms with Crippen molar-refractivity contribution in [2.75, 3.05) is 18.1 Å². The first-order valence-electron chi connectivity index (χ1n) is 4.66. The van der Waals surface area contributed by atoms with Gasteiger partial charge in [-0.25, -0.2) is 4.79 Å². The Balaban J connectivity index is 2.17. The normalized spacial score (nSPS) is 18.6. The van der Waals surface area contributed by atoms with Gasteiger partial charge in [0.25, 0.3) is 0 Å². The van der Waals surface area contributed by atoms with Gasteiger partial charge < -0.3 is 10.6 Å². The Labute approximate surface area is 90.2 Å². The molecule has 1 rings (SSSR count). The van der Waals surface area contributed by atoms with Crippen LogP contribution in [0.2, 0.25) is 0 Å². The van der Waals surface area contributed by atoms with E-state index >= 15 is 0 Å². The molecule has 1 aliphatic heterocycles. The predicted octanol–water partition coefficient (Wildman–Crippen LogP) is 1.74. The Morgan fingerprint density at radius 2 is 1.93 bits per heavy atom. The van der Waals surface area contributed by atoms with Crippen molar-refractivity contribution in [2.24, 2.45) is 0 Å². The number of rotatable bonds is 2. The molecule has 7 heteroatoms. The lowest BCUT2D eigenvalue weighted by Gasteiger charge is -2.22. The third kappa shape index (κ3) is 5.76. The molecule has 1 heterocycles. The van der Waals surface area contributed by atoms with E-state index in [9.17, 15) is 18.0 Å². The van der Waals surface area contributed by atoms with Crippen LogP contribution in [0.1, 0.15) is 12.8 Å². The third-order valence-corrected chi connectivity index (χ3v) is 3.05. The van der Waals surface area contributed by atoms with Crippen LogP contribution in [0.5, 0.6) is 0 Å². The molecular formula is C8H13F3N2OS. The summed E-state index contributed by atoms with van der Waals surface area (Å²) in [6.07, 6.45) is -2.70. The van der Waals surface area contributed by atoms with Crippen LogP contribution in [0, 0.1) is 0 Å². The van der Waals surface area contributed by atoms with Gasteiger partial charge in [0.05, 0.1) is 0 Å². The summed E-state index contributed by atoms with van der Waals surface area (Å²) in [6, 6.07) is -0.719. The summed E-state index contributed by atoms with van der Waals surface area (Å²) in [4.78, 5) is 11.0. The summed E-state index contributed by atoms with van der Waals surface area (Å²) in [6.45, 7) is -1.28. The molecule has 0 aromatic rings. The maximum atomic E-state index is 11.7. The molecule has 0 aromatic heterocycles. The molecular weight excluding hydrogens is 229 g/mol. The minimum Gasteiger partial charge on any atom is -0.335 e. The van der Waals surface area contributed by atoms with Gasteiger partial charge in [-0.05, 0) is 24.3 Å². The second-order valence-corrected chi connectivity index (χ2v) is 4.55. The number of urea groups is 1. The molecule has 2 amide bonds. The topological polar surface area (TPSA) is 41.1 Å². The van der Waals surface area contributed by atoms with Crippen LogP contribution in [-0.2, 0) is 0 Å². The van der Waals surface area contributed by atoms with E-state index in [0.29, 0.717) is 0 Å². The SMILES string of the molecule is O=C(NCC(F)(F)F)NC1CCSCC1. The maximum absolute atomic E-state index is 11.7. The fraction of sp³-hybridized carbons (Fsp3) is 0.875. The third-order valence-electron chi connectivity index (χ3n) is 2.01. The summed E-state index contributed by atoms with van der Waals surface area (Å²) in [7, 11) is 0. The highest BCUT2D eigenvalue weighted by atomic mass is 32.2. The van der Waals surface area contributed by atoms with E-state index in [1.807, 2.05) is 0 Å². The Bertz CT molecular complexity index is 216. The fourth-order valence-corrected chi connectivity index (χ4v) is 2.37. The van der Waals surface area contributed by atoms with Crippen molar-refractivity contribution in [3.8, 4) is 0 Å². The van der Waals surface area contributed by atoms with Gasteiger partial charge in [0, 0.05) is 6.04 Å². The molecule has 0 spiro atoms. The fourth-order valence-electron chi connectivity index (χ4n) is 1.26. The molecule has 0 aliphatic carbocycles. The monoisotopic (exact) mass is 242 g/mol. The lowest BCUT2D eigenvalue weighted by atomic mass is 10.2. The number of amides is 2. The zero-order chi connectivity index (χ0) is 11.3. The van der Waals surface area contributed by atoms with Crippen LogP contribution < -0.4 is 10.6 Å². The van der Waals surface area contributed by atoms with Crippen LogP contribution in [-0.4, -0.2) is 36.3 Å². The summed E-state index contributed by atoms with van der Waals surface area (Å²) in [5.41, 5.74) is 0. The Morgan fingerprint density at radius 1 is 1.33 bits per heavy atom. The highest BCUT2D eigenvalue weighted by Crippen LogP contribution is 2.17. The second-order valence-electron chi connectivity index (χ2n) is 3.33. The number of carbonyl (C=O) groups excluding carboxylic acids is 1. The van der Waals surface area contributed by atoms with Gasteiger partial charge in [0.2, 0.25) is 0 Å². The highest BCUT2D eigenvalue weighted by Gasteiger charge is 2.28. The molecule has 0 bridgehead atoms. The van der Waals surface area contributed by atoms with Gasteiger partial charge >= 0.3 is 12.2 Å². The van der Waals surface area contributed by atoms with E-state index in [2.05, 4.69) is 5.32 Å². The van der Waals surface area contributed by atoms with E-state index in [1.165, 1.54) is 0 Å². The van der Waals surface area contributed by atoms with Crippen LogP contribution >= 0.6 is 11.8 Å². The second kappa shape index (κ2) is 5.48. The number of carbonyl (C=O) groups is 1. The summed E-state index contributed by atoms with van der Waals surface area (Å²) in [5.74, 6) is 1.90. The van der Waals surface area contributed by atoms with Crippen molar-refractivity contribution in [1.82, 2.24) is 10.6 Å². The molecule has 1 saturated heterocycles. The molecule has 0 atom stereocenters. The van der Waals surface area contributed by atoms with Crippen molar-refractivity contribution in [2.45, 2.75) is 25.1 Å². The van der Waals surface area contributed by atoms with Crippen LogP contribution in [0.25, 0.3) is 0 Å². The number of thioether (sulfide) groups is 1. The number of halogens is 3. The smallest absolute Gasteiger partial charge is 0.335 e. The van der Waals surface area contributed by atoms with Crippen molar-refractivity contribution < 1.29 is 18.0 Å². The molecule has 0 aromatic carbocycles. The number of hydrogen-bond donors (Lipinski definition) is 2. The van der Waals surface area contributed by atoms with Crippen LogP contribution in [0.4, 0.5) is 18.0 Å². The number of hydrogen-bond acceptors (Lipinski definition) is 2. The molecule has 0 radical (unpaired) electrons. The minimum atomic E-state index is -4.35. The molecule has 0 unspecified atom stereocenters. The first-order chi connectivity index (χ1) is 6.97. The van der Waals surface area contributed by atoms with Crippen molar-refractivity contribution >= 4 is 17.8 Å². The van der Waals surface area contributed by atoms with Crippen LogP contribution in [0.15, 0.2) is 0 Å². The van der Waals surface area contributed by atoms with E-state index in [1.54, 1.807) is 17.1 Å². The number of nitrogens with one attached hydrogen (secondary N) is 2. The van der Waals surface area contributed by atoms with E-state index < -0.39 is 18.8 Å². The summed E-state index contributed by atoms with van der Waals surface area (Å²) >= 11 is 1.79. The summed E-state index contributed by atoms with van der Waals surface area (Å²) in [5, 5.41) is 4.32. The lowest BCUT2D eigenvalue weighted by Crippen LogP contribution is -2.46. The quantitative estimate of drug-likeness (QED) is 0.774. The minimum absolute atomic E-state index is 0.0134. The first kappa shape index (κ1) is 12.5. The average molecular weight is 242 g/mol. The van der Waals surface area contributed by atoms with E-state index in [4.69, 9.17) is 0 Å². The van der Waals surface area contributed by atoms with Gasteiger partial charge in [-0.15, -0.1) is 0 Å². The Kier molecular flexibility index (Phi) is 4.56. The van der Waals surface area contributed by atoms with Gasteiger partial charge in [-0.3, -0.25) is 0 Å². The summed E-state index contributed by atoms with van der Waals surface area (Å²) < 4.78 is 35.2. The largest absolute Gasteiger partial charge is 0.405 e. The molecule has 88 valence electrons. The van der Waals surface area contributed by atoms with Crippen molar-refractivity contribution in [3.05, 3.63) is 0 Å².